The van der Waals surface area contributed by atoms with Gasteiger partial charge in [0.15, 0.2) is 0 Å². The molecule has 2 rings (SSSR count). The van der Waals surface area contributed by atoms with Crippen LogP contribution in [0.4, 0.5) is 0 Å². The van der Waals surface area contributed by atoms with E-state index in [-0.39, 0.29) is 0 Å². The van der Waals surface area contributed by atoms with Crippen LogP contribution in [0.1, 0.15) is 39.2 Å². The summed E-state index contributed by atoms with van der Waals surface area (Å²) < 4.78 is 5.88. The fourth-order valence-corrected chi connectivity index (χ4v) is 3.04. The molecule has 1 aromatic rings. The molecule has 1 aliphatic rings. The molecule has 118 valence electrons. The molecular weight excluding hydrogens is 260 g/mol. The maximum Gasteiger partial charge on any atom is 0.119 e. The van der Waals surface area contributed by atoms with Crippen molar-refractivity contribution < 1.29 is 4.74 Å². The van der Waals surface area contributed by atoms with Crippen molar-refractivity contribution in [2.24, 2.45) is 5.92 Å². The van der Waals surface area contributed by atoms with Gasteiger partial charge in [0, 0.05) is 19.1 Å². The van der Waals surface area contributed by atoms with E-state index in [0.717, 1.165) is 37.9 Å². The monoisotopic (exact) mass is 290 g/mol. The summed E-state index contributed by atoms with van der Waals surface area (Å²) in [5.41, 5.74) is 1.31. The third-order valence-electron chi connectivity index (χ3n) is 4.43. The van der Waals surface area contributed by atoms with Crippen LogP contribution in [0.2, 0.25) is 0 Å². The van der Waals surface area contributed by atoms with E-state index in [1.165, 1.54) is 24.9 Å². The third kappa shape index (κ3) is 5.33. The Kier molecular flexibility index (Phi) is 6.52. The molecule has 0 amide bonds. The number of nitrogens with one attached hydrogen (secondary N) is 1. The molecule has 0 aliphatic carbocycles. The van der Waals surface area contributed by atoms with Gasteiger partial charge in [0.25, 0.3) is 0 Å². The number of hydrogen-bond acceptors (Lipinski definition) is 3. The molecule has 1 heterocycles. The molecule has 1 N–H and O–H groups in total. The second-order valence-electron chi connectivity index (χ2n) is 6.29. The van der Waals surface area contributed by atoms with Gasteiger partial charge in [-0.05, 0) is 56.5 Å². The van der Waals surface area contributed by atoms with E-state index >= 15 is 0 Å². The highest BCUT2D eigenvalue weighted by molar-refractivity contribution is 5.27. The molecule has 1 fully saturated rings. The number of nitrogens with zero attached hydrogens (tertiary/aromatic N) is 1. The van der Waals surface area contributed by atoms with Crippen molar-refractivity contribution >= 4 is 0 Å². The van der Waals surface area contributed by atoms with Crippen molar-refractivity contribution in [1.82, 2.24) is 10.2 Å². The average Bonchev–Trinajstić information content (AvgIpc) is 2.48. The van der Waals surface area contributed by atoms with Gasteiger partial charge in [-0.15, -0.1) is 0 Å². The van der Waals surface area contributed by atoms with Gasteiger partial charge >= 0.3 is 0 Å². The second kappa shape index (κ2) is 8.40. The molecule has 1 saturated heterocycles. The fraction of sp³-hybridized carbons (Fsp3) is 0.667. The minimum Gasteiger partial charge on any atom is -0.492 e. The van der Waals surface area contributed by atoms with E-state index in [2.05, 4.69) is 55.3 Å². The molecule has 0 spiro atoms. The molecule has 0 bridgehead atoms. The second-order valence-corrected chi connectivity index (χ2v) is 6.29. The molecule has 2 unspecified atom stereocenters. The molecule has 0 saturated carbocycles. The van der Waals surface area contributed by atoms with Crippen LogP contribution < -0.4 is 10.1 Å². The van der Waals surface area contributed by atoms with Crippen LogP contribution >= 0.6 is 0 Å². The first-order chi connectivity index (χ1) is 10.2. The number of likely N-dealkylation sites (tertiary alicyclic amines) is 1. The average molecular weight is 290 g/mol. The van der Waals surface area contributed by atoms with E-state index in [1.54, 1.807) is 0 Å². The van der Waals surface area contributed by atoms with Gasteiger partial charge in [0.05, 0.1) is 0 Å². The summed E-state index contributed by atoms with van der Waals surface area (Å²) in [6, 6.07) is 9.13. The van der Waals surface area contributed by atoms with Crippen LogP contribution in [0.25, 0.3) is 0 Å². The lowest BCUT2D eigenvalue weighted by atomic mass is 9.93. The van der Waals surface area contributed by atoms with E-state index in [0.29, 0.717) is 6.04 Å². The fourth-order valence-electron chi connectivity index (χ4n) is 3.04. The van der Waals surface area contributed by atoms with E-state index in [9.17, 15) is 0 Å². The Balaban J connectivity index is 1.70. The Morgan fingerprint density at radius 2 is 2.00 bits per heavy atom. The van der Waals surface area contributed by atoms with Crippen molar-refractivity contribution in [3.63, 3.8) is 0 Å². The van der Waals surface area contributed by atoms with E-state index < -0.39 is 0 Å². The summed E-state index contributed by atoms with van der Waals surface area (Å²) in [6.45, 7) is 11.8. The van der Waals surface area contributed by atoms with Gasteiger partial charge in [0.1, 0.15) is 12.4 Å². The summed E-state index contributed by atoms with van der Waals surface area (Å²) in [4.78, 5) is 2.56. The molecule has 3 nitrogen and oxygen atoms in total. The quantitative estimate of drug-likeness (QED) is 0.834. The van der Waals surface area contributed by atoms with Crippen molar-refractivity contribution in [3.8, 4) is 5.75 Å². The number of benzene rings is 1. The zero-order valence-corrected chi connectivity index (χ0v) is 13.8. The van der Waals surface area contributed by atoms with Crippen LogP contribution in [-0.2, 0) is 6.54 Å². The normalized spacial score (nSPS) is 23.2. The first-order valence-electron chi connectivity index (χ1n) is 8.35. The molecule has 2 atom stereocenters. The Morgan fingerprint density at radius 1 is 1.24 bits per heavy atom. The molecule has 3 heteroatoms. The van der Waals surface area contributed by atoms with Gasteiger partial charge in [-0.2, -0.15) is 0 Å². The predicted octanol–water partition coefficient (Wildman–Crippen LogP) is 3.30. The SMILES string of the molecule is CCNCc1ccc(OCCN2CCC(C)CC2C)cc1. The van der Waals surface area contributed by atoms with E-state index in [4.69, 9.17) is 4.74 Å². The lowest BCUT2D eigenvalue weighted by Gasteiger charge is -2.36. The first kappa shape index (κ1) is 16.3. The van der Waals surface area contributed by atoms with Gasteiger partial charge < -0.3 is 10.1 Å². The molecule has 21 heavy (non-hydrogen) atoms. The van der Waals surface area contributed by atoms with Crippen LogP contribution in [0.3, 0.4) is 0 Å². The van der Waals surface area contributed by atoms with Gasteiger partial charge in [-0.1, -0.05) is 26.0 Å². The Bertz CT molecular complexity index is 404. The number of ether oxygens (including phenoxy) is 1. The van der Waals surface area contributed by atoms with E-state index in [1.807, 2.05) is 0 Å². The molecule has 1 aliphatic heterocycles. The highest BCUT2D eigenvalue weighted by atomic mass is 16.5. The third-order valence-corrected chi connectivity index (χ3v) is 4.43. The zero-order valence-electron chi connectivity index (χ0n) is 13.8. The maximum absolute atomic E-state index is 5.88. The highest BCUT2D eigenvalue weighted by Crippen LogP contribution is 2.21. The van der Waals surface area contributed by atoms with Crippen molar-refractivity contribution in [2.45, 2.75) is 46.2 Å². The topological polar surface area (TPSA) is 24.5 Å². The van der Waals surface area contributed by atoms with Crippen LogP contribution in [0.5, 0.6) is 5.75 Å². The van der Waals surface area contributed by atoms with Crippen molar-refractivity contribution in [1.29, 1.82) is 0 Å². The highest BCUT2D eigenvalue weighted by Gasteiger charge is 2.22. The molecule has 0 aromatic heterocycles. The minimum absolute atomic E-state index is 0.694. The number of piperidine rings is 1. The smallest absolute Gasteiger partial charge is 0.119 e. The lowest BCUT2D eigenvalue weighted by Crippen LogP contribution is -2.42. The van der Waals surface area contributed by atoms with Crippen LogP contribution in [0, 0.1) is 5.92 Å². The first-order valence-corrected chi connectivity index (χ1v) is 8.35. The Hall–Kier alpha value is -1.06. The number of rotatable bonds is 7. The largest absolute Gasteiger partial charge is 0.492 e. The molecular formula is C18H30N2O. The van der Waals surface area contributed by atoms with Gasteiger partial charge in [-0.3, -0.25) is 4.90 Å². The van der Waals surface area contributed by atoms with Crippen molar-refractivity contribution in [3.05, 3.63) is 29.8 Å². The summed E-state index contributed by atoms with van der Waals surface area (Å²) in [7, 11) is 0. The summed E-state index contributed by atoms with van der Waals surface area (Å²) in [5.74, 6) is 1.86. The number of hydrogen-bond donors (Lipinski definition) is 1. The van der Waals surface area contributed by atoms with Crippen molar-refractivity contribution in [2.75, 3.05) is 26.2 Å². The lowest BCUT2D eigenvalue weighted by molar-refractivity contribution is 0.109. The Labute approximate surface area is 129 Å². The van der Waals surface area contributed by atoms with Gasteiger partial charge in [0.2, 0.25) is 0 Å². The maximum atomic E-state index is 5.88. The summed E-state index contributed by atoms with van der Waals surface area (Å²) in [5, 5.41) is 3.33. The molecule has 0 radical (unpaired) electrons. The van der Waals surface area contributed by atoms with Gasteiger partial charge in [-0.25, -0.2) is 0 Å². The standard InChI is InChI=1S/C18H30N2O/c1-4-19-14-17-5-7-18(8-6-17)21-12-11-20-10-9-15(2)13-16(20)3/h5-8,15-16,19H,4,9-14H2,1-3H3. The van der Waals surface area contributed by atoms with Crippen LogP contribution in [0.15, 0.2) is 24.3 Å². The Morgan fingerprint density at radius 3 is 2.67 bits per heavy atom. The predicted molar refractivity (Wildman–Crippen MR) is 88.8 cm³/mol. The summed E-state index contributed by atoms with van der Waals surface area (Å²) in [6.07, 6.45) is 2.64. The minimum atomic E-state index is 0.694. The van der Waals surface area contributed by atoms with Crippen LogP contribution in [-0.4, -0.2) is 37.2 Å². The summed E-state index contributed by atoms with van der Waals surface area (Å²) >= 11 is 0. The zero-order chi connectivity index (χ0) is 15.1. The molecule has 1 aromatic carbocycles.